The van der Waals surface area contributed by atoms with Crippen molar-refractivity contribution in [2.24, 2.45) is 0 Å². The molecule has 2 rings (SSSR count). The average molecular weight is 180 g/mol. The number of fused-ring (bicyclic) bond motifs is 1. The number of methoxy groups -OCH3 is 2. The van der Waals surface area contributed by atoms with Gasteiger partial charge in [0.2, 0.25) is 5.88 Å². The molecular weight excluding hydrogens is 168 g/mol. The van der Waals surface area contributed by atoms with E-state index in [2.05, 4.69) is 10.3 Å². The van der Waals surface area contributed by atoms with Gasteiger partial charge in [0.15, 0.2) is 0 Å². The molecule has 2 N–H and O–H groups in total. The first-order chi connectivity index (χ1) is 6.36. The molecule has 4 heteroatoms. The SMILES string of the molecule is COC1=c2cc[nH]c2=C(OC)NC1. The van der Waals surface area contributed by atoms with Crippen LogP contribution in [0.5, 0.6) is 0 Å². The molecule has 4 nitrogen and oxygen atoms in total. The average Bonchev–Trinajstić information content (AvgIpc) is 2.64. The molecule has 1 aliphatic heterocycles. The third-order valence-corrected chi connectivity index (χ3v) is 2.13. The van der Waals surface area contributed by atoms with Gasteiger partial charge < -0.3 is 19.8 Å². The van der Waals surface area contributed by atoms with Gasteiger partial charge in [0.05, 0.1) is 20.8 Å². The van der Waals surface area contributed by atoms with Crippen LogP contribution in [0.3, 0.4) is 0 Å². The molecular formula is C9H12N2O2. The highest BCUT2D eigenvalue weighted by Crippen LogP contribution is 1.97. The second-order valence-corrected chi connectivity index (χ2v) is 2.78. The van der Waals surface area contributed by atoms with Crippen molar-refractivity contribution in [2.45, 2.75) is 0 Å². The third kappa shape index (κ3) is 1.14. The second-order valence-electron chi connectivity index (χ2n) is 2.78. The van der Waals surface area contributed by atoms with E-state index in [0.717, 1.165) is 22.2 Å². The standard InChI is InChI=1S/C9H12N2O2/c1-12-7-5-11-9(13-2)8-6(7)3-4-10-8/h3-4,10-11H,5H2,1-2H3. The zero-order valence-electron chi connectivity index (χ0n) is 7.68. The predicted octanol–water partition coefficient (Wildman–Crippen LogP) is -0.915. The van der Waals surface area contributed by atoms with E-state index in [-0.39, 0.29) is 0 Å². The molecule has 0 bridgehead atoms. The number of rotatable bonds is 2. The molecule has 0 atom stereocenters. The Morgan fingerprint density at radius 3 is 2.85 bits per heavy atom. The molecule has 0 unspecified atom stereocenters. The van der Waals surface area contributed by atoms with E-state index in [1.54, 1.807) is 14.2 Å². The summed E-state index contributed by atoms with van der Waals surface area (Å²) in [6, 6.07) is 1.98. The first-order valence-corrected chi connectivity index (χ1v) is 4.09. The van der Waals surface area contributed by atoms with Gasteiger partial charge in [0, 0.05) is 11.4 Å². The molecule has 13 heavy (non-hydrogen) atoms. The lowest BCUT2D eigenvalue weighted by Gasteiger charge is -2.14. The number of H-pyrrole nitrogens is 1. The maximum Gasteiger partial charge on any atom is 0.212 e. The molecule has 1 aliphatic rings. The van der Waals surface area contributed by atoms with Crippen molar-refractivity contribution < 1.29 is 9.47 Å². The van der Waals surface area contributed by atoms with Gasteiger partial charge in [-0.05, 0) is 6.07 Å². The fourth-order valence-corrected chi connectivity index (χ4v) is 1.49. The molecule has 0 spiro atoms. The van der Waals surface area contributed by atoms with Gasteiger partial charge >= 0.3 is 0 Å². The Balaban J connectivity index is 2.75. The Morgan fingerprint density at radius 1 is 1.31 bits per heavy atom. The van der Waals surface area contributed by atoms with Crippen molar-refractivity contribution in [3.8, 4) is 0 Å². The van der Waals surface area contributed by atoms with Gasteiger partial charge in [-0.2, -0.15) is 0 Å². The molecule has 0 saturated carbocycles. The normalized spacial score (nSPS) is 14.9. The van der Waals surface area contributed by atoms with Crippen LogP contribution in [0, 0.1) is 0 Å². The summed E-state index contributed by atoms with van der Waals surface area (Å²) in [6.45, 7) is 0.671. The minimum absolute atomic E-state index is 0.671. The largest absolute Gasteiger partial charge is 0.499 e. The van der Waals surface area contributed by atoms with Crippen LogP contribution < -0.4 is 15.9 Å². The van der Waals surface area contributed by atoms with Gasteiger partial charge in [-0.1, -0.05) is 0 Å². The van der Waals surface area contributed by atoms with E-state index in [9.17, 15) is 0 Å². The summed E-state index contributed by atoms with van der Waals surface area (Å²) in [7, 11) is 3.32. The summed E-state index contributed by atoms with van der Waals surface area (Å²) < 4.78 is 10.4. The van der Waals surface area contributed by atoms with Crippen molar-refractivity contribution >= 4 is 11.6 Å². The summed E-state index contributed by atoms with van der Waals surface area (Å²) in [5.41, 5.74) is 0. The molecule has 0 amide bonds. The van der Waals surface area contributed by atoms with Gasteiger partial charge in [-0.25, -0.2) is 0 Å². The number of ether oxygens (including phenoxy) is 2. The predicted molar refractivity (Wildman–Crippen MR) is 48.9 cm³/mol. The summed E-state index contributed by atoms with van der Waals surface area (Å²) in [5, 5.41) is 5.13. The highest BCUT2D eigenvalue weighted by atomic mass is 16.5. The van der Waals surface area contributed by atoms with Crippen molar-refractivity contribution in [3.05, 3.63) is 22.8 Å². The summed E-state index contributed by atoms with van der Waals surface area (Å²) in [6.07, 6.45) is 1.87. The molecule has 0 radical (unpaired) electrons. The molecule has 0 aliphatic carbocycles. The van der Waals surface area contributed by atoms with Crippen molar-refractivity contribution in [1.82, 2.24) is 10.3 Å². The molecule has 0 aromatic carbocycles. The highest BCUT2D eigenvalue weighted by Gasteiger charge is 2.10. The lowest BCUT2D eigenvalue weighted by molar-refractivity contribution is 0.317. The fraction of sp³-hybridized carbons (Fsp3) is 0.333. The Morgan fingerprint density at radius 2 is 2.15 bits per heavy atom. The first-order valence-electron chi connectivity index (χ1n) is 4.09. The van der Waals surface area contributed by atoms with Crippen LogP contribution in [-0.4, -0.2) is 25.7 Å². The smallest absolute Gasteiger partial charge is 0.212 e. The third-order valence-electron chi connectivity index (χ3n) is 2.13. The molecule has 1 aromatic heterocycles. The fourth-order valence-electron chi connectivity index (χ4n) is 1.49. The molecule has 70 valence electrons. The monoisotopic (exact) mass is 180 g/mol. The lowest BCUT2D eigenvalue weighted by atomic mass is 10.3. The zero-order valence-corrected chi connectivity index (χ0v) is 7.68. The summed E-state index contributed by atoms with van der Waals surface area (Å²) in [4.78, 5) is 3.10. The van der Waals surface area contributed by atoms with Crippen molar-refractivity contribution in [2.75, 3.05) is 20.8 Å². The highest BCUT2D eigenvalue weighted by molar-refractivity contribution is 5.49. The summed E-state index contributed by atoms with van der Waals surface area (Å²) in [5.74, 6) is 1.69. The van der Waals surface area contributed by atoms with Gasteiger partial charge in [0.1, 0.15) is 11.1 Å². The maximum atomic E-state index is 5.23. The molecule has 0 saturated heterocycles. The van der Waals surface area contributed by atoms with Gasteiger partial charge in [-0.3, -0.25) is 0 Å². The zero-order chi connectivity index (χ0) is 9.26. The van der Waals surface area contributed by atoms with Crippen LogP contribution >= 0.6 is 0 Å². The van der Waals surface area contributed by atoms with E-state index in [1.165, 1.54) is 0 Å². The number of hydrogen-bond donors (Lipinski definition) is 2. The van der Waals surface area contributed by atoms with E-state index in [4.69, 9.17) is 9.47 Å². The van der Waals surface area contributed by atoms with Crippen LogP contribution in [-0.2, 0) is 9.47 Å². The number of aromatic amines is 1. The van der Waals surface area contributed by atoms with Crippen LogP contribution in [0.4, 0.5) is 0 Å². The number of nitrogens with one attached hydrogen (secondary N) is 2. The van der Waals surface area contributed by atoms with Crippen molar-refractivity contribution in [3.63, 3.8) is 0 Å². The number of hydrogen-bond acceptors (Lipinski definition) is 3. The van der Waals surface area contributed by atoms with E-state index >= 15 is 0 Å². The first kappa shape index (κ1) is 8.04. The van der Waals surface area contributed by atoms with Crippen LogP contribution in [0.2, 0.25) is 0 Å². The van der Waals surface area contributed by atoms with E-state index in [1.807, 2.05) is 12.3 Å². The van der Waals surface area contributed by atoms with Gasteiger partial charge in [-0.15, -0.1) is 0 Å². The quantitative estimate of drug-likeness (QED) is 0.619. The van der Waals surface area contributed by atoms with Crippen LogP contribution in [0.15, 0.2) is 12.3 Å². The number of aromatic nitrogens is 1. The summed E-state index contributed by atoms with van der Waals surface area (Å²) >= 11 is 0. The van der Waals surface area contributed by atoms with Gasteiger partial charge in [0.25, 0.3) is 0 Å². The Bertz CT molecular complexity index is 381. The maximum absolute atomic E-state index is 5.23. The Kier molecular flexibility index (Phi) is 1.88. The topological polar surface area (TPSA) is 46.3 Å². The van der Waals surface area contributed by atoms with E-state index < -0.39 is 0 Å². The van der Waals surface area contributed by atoms with Crippen LogP contribution in [0.1, 0.15) is 0 Å². The molecule has 0 fully saturated rings. The van der Waals surface area contributed by atoms with Crippen LogP contribution in [0.25, 0.3) is 11.6 Å². The lowest BCUT2D eigenvalue weighted by Crippen LogP contribution is -2.40. The minimum Gasteiger partial charge on any atom is -0.499 e. The molecule has 2 heterocycles. The Hall–Kier alpha value is -1.58. The van der Waals surface area contributed by atoms with E-state index in [0.29, 0.717) is 6.54 Å². The second kappa shape index (κ2) is 3.05. The Labute approximate surface area is 75.9 Å². The molecule has 1 aromatic rings. The van der Waals surface area contributed by atoms with Crippen molar-refractivity contribution in [1.29, 1.82) is 0 Å². The minimum atomic E-state index is 0.671.